The monoisotopic (exact) mass is 272 g/mol. The number of nitrogen functional groups attached to an aromatic ring is 1. The van der Waals surface area contributed by atoms with Gasteiger partial charge in [-0.1, -0.05) is 5.16 Å². The third kappa shape index (κ3) is 2.30. The average Bonchev–Trinajstić information content (AvgIpc) is 2.83. The van der Waals surface area contributed by atoms with Crippen LogP contribution in [0.4, 0.5) is 11.6 Å². The van der Waals surface area contributed by atoms with Gasteiger partial charge in [0.1, 0.15) is 0 Å². The van der Waals surface area contributed by atoms with Gasteiger partial charge in [0.25, 0.3) is 5.56 Å². The number of rotatable bonds is 3. The molecule has 0 saturated heterocycles. The summed E-state index contributed by atoms with van der Waals surface area (Å²) in [4.78, 5) is 22.9. The van der Waals surface area contributed by atoms with Crippen LogP contribution in [0.25, 0.3) is 10.9 Å². The normalized spacial score (nSPS) is 10.8. The number of aromatic amines is 1. The van der Waals surface area contributed by atoms with Crippen molar-refractivity contribution >= 4 is 22.5 Å². The molecule has 0 radical (unpaired) electrons. The van der Waals surface area contributed by atoms with Gasteiger partial charge >= 0.3 is 0 Å². The molecule has 2 heterocycles. The molecule has 20 heavy (non-hydrogen) atoms. The zero-order valence-corrected chi connectivity index (χ0v) is 10.7. The van der Waals surface area contributed by atoms with Crippen molar-refractivity contribution in [2.24, 2.45) is 0 Å². The first-order valence-electron chi connectivity index (χ1n) is 5.94. The molecule has 0 aliphatic carbocycles. The van der Waals surface area contributed by atoms with Crippen molar-refractivity contribution in [3.63, 3.8) is 0 Å². The fourth-order valence-corrected chi connectivity index (χ4v) is 1.82. The van der Waals surface area contributed by atoms with Crippen molar-refractivity contribution < 1.29 is 4.52 Å². The first-order chi connectivity index (χ1) is 9.61. The Morgan fingerprint density at radius 1 is 1.40 bits per heavy atom. The fraction of sp³-hybridized carbons (Fsp3) is 0.167. The molecule has 1 aromatic carbocycles. The highest BCUT2D eigenvalue weighted by molar-refractivity contribution is 5.81. The van der Waals surface area contributed by atoms with Gasteiger partial charge < -0.3 is 15.6 Å². The Bertz CT molecular complexity index is 822. The molecule has 0 fully saturated rings. The Morgan fingerprint density at radius 3 is 3.00 bits per heavy atom. The smallest absolute Gasteiger partial charge is 0.260 e. The third-order valence-electron chi connectivity index (χ3n) is 2.71. The molecule has 102 valence electrons. The summed E-state index contributed by atoms with van der Waals surface area (Å²) in [6, 6.07) is 4.98. The van der Waals surface area contributed by atoms with Crippen LogP contribution in [0.3, 0.4) is 0 Å². The number of nitrogens with two attached hydrogens (primary N) is 1. The van der Waals surface area contributed by atoms with E-state index in [-0.39, 0.29) is 5.56 Å². The lowest BCUT2D eigenvalue weighted by Crippen LogP contribution is -2.13. The van der Waals surface area contributed by atoms with E-state index in [4.69, 9.17) is 10.3 Å². The molecule has 8 heteroatoms. The van der Waals surface area contributed by atoms with Crippen LogP contribution >= 0.6 is 0 Å². The van der Waals surface area contributed by atoms with Crippen LogP contribution in [0.5, 0.6) is 0 Å². The van der Waals surface area contributed by atoms with Crippen molar-refractivity contribution in [3.05, 3.63) is 40.3 Å². The van der Waals surface area contributed by atoms with Crippen molar-refractivity contribution in [3.8, 4) is 0 Å². The number of benzene rings is 1. The maximum Gasteiger partial charge on any atom is 0.260 e. The fourth-order valence-electron chi connectivity index (χ4n) is 1.82. The summed E-state index contributed by atoms with van der Waals surface area (Å²) in [7, 11) is 0. The minimum Gasteiger partial charge on any atom is -0.399 e. The second-order valence-electron chi connectivity index (χ2n) is 4.27. The zero-order valence-electron chi connectivity index (χ0n) is 10.7. The number of aryl methyl sites for hydroxylation is 1. The van der Waals surface area contributed by atoms with Gasteiger partial charge in [-0.2, -0.15) is 4.98 Å². The average molecular weight is 272 g/mol. The van der Waals surface area contributed by atoms with Gasteiger partial charge in [-0.15, -0.1) is 0 Å². The van der Waals surface area contributed by atoms with E-state index in [9.17, 15) is 4.79 Å². The standard InChI is InChI=1S/C12H12N6O2/c1-6-15-10(18-20-6)5-14-12-16-9-3-2-7(13)4-8(9)11(19)17-12/h2-4H,5,13H2,1H3,(H2,14,16,17,19). The van der Waals surface area contributed by atoms with Gasteiger partial charge in [0.05, 0.1) is 17.4 Å². The quantitative estimate of drug-likeness (QED) is 0.603. The van der Waals surface area contributed by atoms with Gasteiger partial charge in [0.15, 0.2) is 5.82 Å². The van der Waals surface area contributed by atoms with Gasteiger partial charge in [0.2, 0.25) is 11.8 Å². The van der Waals surface area contributed by atoms with E-state index in [1.807, 2.05) is 0 Å². The molecule has 3 rings (SSSR count). The van der Waals surface area contributed by atoms with Crippen LogP contribution < -0.4 is 16.6 Å². The van der Waals surface area contributed by atoms with Crippen LogP contribution in [-0.4, -0.2) is 20.1 Å². The minimum atomic E-state index is -0.255. The number of aromatic nitrogens is 4. The molecular formula is C12H12N6O2. The highest BCUT2D eigenvalue weighted by Gasteiger charge is 2.06. The predicted octanol–water partition coefficient (Wildman–Crippen LogP) is 0.809. The Morgan fingerprint density at radius 2 is 2.25 bits per heavy atom. The number of hydrogen-bond acceptors (Lipinski definition) is 7. The van der Waals surface area contributed by atoms with Crippen molar-refractivity contribution in [1.82, 2.24) is 20.1 Å². The van der Waals surface area contributed by atoms with Gasteiger partial charge in [-0.25, -0.2) is 4.98 Å². The van der Waals surface area contributed by atoms with E-state index in [2.05, 4.69) is 25.4 Å². The molecule has 3 aromatic rings. The molecule has 0 aliphatic rings. The predicted molar refractivity (Wildman–Crippen MR) is 73.1 cm³/mol. The Hall–Kier alpha value is -2.90. The summed E-state index contributed by atoms with van der Waals surface area (Å²) < 4.78 is 4.85. The summed E-state index contributed by atoms with van der Waals surface area (Å²) in [5, 5.41) is 7.13. The number of nitrogens with zero attached hydrogens (tertiary/aromatic N) is 3. The molecule has 0 aliphatic heterocycles. The Labute approximate surface area is 113 Å². The Kier molecular flexibility index (Phi) is 2.82. The summed E-state index contributed by atoms with van der Waals surface area (Å²) in [5.41, 5.74) is 6.47. The molecule has 0 spiro atoms. The van der Waals surface area contributed by atoms with Crippen LogP contribution in [0.2, 0.25) is 0 Å². The first kappa shape index (κ1) is 12.2. The van der Waals surface area contributed by atoms with Crippen LogP contribution in [0.1, 0.15) is 11.7 Å². The number of hydrogen-bond donors (Lipinski definition) is 3. The van der Waals surface area contributed by atoms with Gasteiger partial charge in [-0.3, -0.25) is 9.78 Å². The summed E-state index contributed by atoms with van der Waals surface area (Å²) in [5.74, 6) is 1.31. The molecular weight excluding hydrogens is 260 g/mol. The molecule has 0 amide bonds. The lowest BCUT2D eigenvalue weighted by Gasteiger charge is -2.04. The zero-order chi connectivity index (χ0) is 14.1. The molecule has 8 nitrogen and oxygen atoms in total. The third-order valence-corrected chi connectivity index (χ3v) is 2.71. The number of nitrogens with one attached hydrogen (secondary N) is 2. The highest BCUT2D eigenvalue weighted by Crippen LogP contribution is 2.13. The van der Waals surface area contributed by atoms with E-state index in [0.717, 1.165) is 0 Å². The van der Waals surface area contributed by atoms with E-state index in [1.165, 1.54) is 0 Å². The molecule has 0 bridgehead atoms. The molecule has 0 saturated carbocycles. The van der Waals surface area contributed by atoms with Crippen molar-refractivity contribution in [2.45, 2.75) is 13.5 Å². The lowest BCUT2D eigenvalue weighted by molar-refractivity contribution is 0.388. The van der Waals surface area contributed by atoms with Gasteiger partial charge in [0, 0.05) is 12.6 Å². The maximum absolute atomic E-state index is 11.9. The highest BCUT2D eigenvalue weighted by atomic mass is 16.5. The topological polar surface area (TPSA) is 123 Å². The van der Waals surface area contributed by atoms with E-state index >= 15 is 0 Å². The number of H-pyrrole nitrogens is 1. The number of anilines is 2. The summed E-state index contributed by atoms with van der Waals surface area (Å²) in [6.45, 7) is 2.01. The van der Waals surface area contributed by atoms with E-state index < -0.39 is 0 Å². The minimum absolute atomic E-state index is 0.255. The molecule has 0 unspecified atom stereocenters. The number of fused-ring (bicyclic) bond motifs is 1. The molecule has 0 atom stereocenters. The second-order valence-corrected chi connectivity index (χ2v) is 4.27. The Balaban J connectivity index is 1.89. The van der Waals surface area contributed by atoms with Crippen LogP contribution in [0, 0.1) is 6.92 Å². The second kappa shape index (κ2) is 4.65. The first-order valence-corrected chi connectivity index (χ1v) is 5.94. The van der Waals surface area contributed by atoms with Crippen LogP contribution in [0.15, 0.2) is 27.5 Å². The van der Waals surface area contributed by atoms with E-state index in [0.29, 0.717) is 40.8 Å². The maximum atomic E-state index is 11.9. The summed E-state index contributed by atoms with van der Waals surface area (Å²) in [6.07, 6.45) is 0. The lowest BCUT2D eigenvalue weighted by atomic mass is 10.2. The summed E-state index contributed by atoms with van der Waals surface area (Å²) >= 11 is 0. The van der Waals surface area contributed by atoms with E-state index in [1.54, 1.807) is 25.1 Å². The van der Waals surface area contributed by atoms with Crippen molar-refractivity contribution in [1.29, 1.82) is 0 Å². The SMILES string of the molecule is Cc1nc(CNc2nc3ccc(N)cc3c(=O)[nH]2)no1. The van der Waals surface area contributed by atoms with Gasteiger partial charge in [-0.05, 0) is 18.2 Å². The largest absolute Gasteiger partial charge is 0.399 e. The molecule has 2 aromatic heterocycles. The van der Waals surface area contributed by atoms with Crippen molar-refractivity contribution in [2.75, 3.05) is 11.1 Å². The van der Waals surface area contributed by atoms with Crippen LogP contribution in [-0.2, 0) is 6.54 Å². The molecule has 4 N–H and O–H groups in total.